The largest absolute Gasteiger partial charge is 0.373 e. The summed E-state index contributed by atoms with van der Waals surface area (Å²) < 4.78 is 7.71. The highest BCUT2D eigenvalue weighted by Crippen LogP contribution is 2.18. The number of nitrogens with zero attached hydrogens (tertiary/aromatic N) is 4. The van der Waals surface area contributed by atoms with Crippen LogP contribution in [-0.4, -0.2) is 45.0 Å². The normalized spacial score (nSPS) is 20.4. The number of aromatic nitrogens is 3. The molecule has 0 amide bonds. The summed E-state index contributed by atoms with van der Waals surface area (Å²) in [6.07, 6.45) is 2.53. The van der Waals surface area contributed by atoms with Crippen LogP contribution in [0.2, 0.25) is 0 Å². The van der Waals surface area contributed by atoms with Crippen LogP contribution in [0.5, 0.6) is 0 Å². The Morgan fingerprint density at radius 2 is 1.83 bits per heavy atom. The zero-order valence-electron chi connectivity index (χ0n) is 17.9. The van der Waals surface area contributed by atoms with Crippen LogP contribution < -0.4 is 5.32 Å². The fraction of sp³-hybridized carbons (Fsp3) is 0.478. The molecule has 3 heterocycles. The molecule has 6 heteroatoms. The van der Waals surface area contributed by atoms with Gasteiger partial charge in [0.1, 0.15) is 0 Å². The van der Waals surface area contributed by atoms with Gasteiger partial charge in [0.05, 0.1) is 17.9 Å². The fourth-order valence-corrected chi connectivity index (χ4v) is 4.33. The first-order valence-corrected chi connectivity index (χ1v) is 10.4. The lowest BCUT2D eigenvalue weighted by Gasteiger charge is -2.35. The van der Waals surface area contributed by atoms with Crippen LogP contribution in [0.25, 0.3) is 11.0 Å². The Bertz CT molecular complexity index is 973. The van der Waals surface area contributed by atoms with Gasteiger partial charge in [0.25, 0.3) is 0 Å². The van der Waals surface area contributed by atoms with E-state index < -0.39 is 0 Å². The Labute approximate surface area is 172 Å². The maximum Gasteiger partial charge on any atom is 0.157 e. The molecule has 2 atom stereocenters. The second-order valence-electron chi connectivity index (χ2n) is 8.25. The molecular weight excluding hydrogens is 362 g/mol. The third-order valence-electron chi connectivity index (χ3n) is 5.57. The molecule has 154 valence electrons. The summed E-state index contributed by atoms with van der Waals surface area (Å²) in [7, 11) is 1.94. The van der Waals surface area contributed by atoms with Crippen molar-refractivity contribution in [2.45, 2.75) is 52.6 Å². The van der Waals surface area contributed by atoms with E-state index in [1.807, 2.05) is 24.9 Å². The Morgan fingerprint density at radius 3 is 2.59 bits per heavy atom. The van der Waals surface area contributed by atoms with Gasteiger partial charge in [-0.3, -0.25) is 9.58 Å². The van der Waals surface area contributed by atoms with E-state index in [-0.39, 0.29) is 0 Å². The van der Waals surface area contributed by atoms with Crippen molar-refractivity contribution < 1.29 is 4.74 Å². The molecule has 1 N–H and O–H groups in total. The molecule has 3 aromatic rings. The predicted octanol–water partition coefficient (Wildman–Crippen LogP) is 3.18. The standard InChI is InChI=1S/C23H31N5O/c1-16-13-28(14-17(2)29-16)15-21-8-6-5-7-20(21)12-24-10-19-9-22-18(3)26-27(4)23(22)25-11-19/h5-9,11,16-17,24H,10,12-15H2,1-4H3/t16-,17-/m0/s1. The SMILES string of the molecule is Cc1nn(C)c2ncc(CNCc3ccccc3CN3C[C@H](C)O[C@@H](C)C3)cc12. The second-order valence-corrected chi connectivity index (χ2v) is 8.25. The lowest BCUT2D eigenvalue weighted by molar-refractivity contribution is -0.0705. The van der Waals surface area contributed by atoms with Crippen molar-refractivity contribution >= 4 is 11.0 Å². The Balaban J connectivity index is 1.39. The average Bonchev–Trinajstić information content (AvgIpc) is 2.96. The smallest absolute Gasteiger partial charge is 0.157 e. The van der Waals surface area contributed by atoms with Crippen molar-refractivity contribution in [1.29, 1.82) is 0 Å². The topological polar surface area (TPSA) is 55.2 Å². The van der Waals surface area contributed by atoms with Crippen LogP contribution in [-0.2, 0) is 31.4 Å². The summed E-state index contributed by atoms with van der Waals surface area (Å²) in [4.78, 5) is 7.08. The third kappa shape index (κ3) is 4.66. The number of pyridine rings is 1. The first kappa shape index (κ1) is 20.0. The molecule has 1 fully saturated rings. The number of ether oxygens (including phenoxy) is 1. The van der Waals surface area contributed by atoms with Gasteiger partial charge in [-0.25, -0.2) is 4.98 Å². The van der Waals surface area contributed by atoms with Crippen LogP contribution in [0.3, 0.4) is 0 Å². The van der Waals surface area contributed by atoms with Gasteiger partial charge in [-0.1, -0.05) is 24.3 Å². The second kappa shape index (κ2) is 8.61. The number of morpholine rings is 1. The minimum Gasteiger partial charge on any atom is -0.373 e. The molecular formula is C23H31N5O. The number of fused-ring (bicyclic) bond motifs is 1. The molecule has 1 aliphatic rings. The maximum absolute atomic E-state index is 5.87. The summed E-state index contributed by atoms with van der Waals surface area (Å²) in [5.74, 6) is 0. The molecule has 1 saturated heterocycles. The number of aryl methyl sites for hydroxylation is 2. The molecule has 0 unspecified atom stereocenters. The number of nitrogens with one attached hydrogen (secondary N) is 1. The first-order valence-electron chi connectivity index (χ1n) is 10.4. The van der Waals surface area contributed by atoms with Crippen molar-refractivity contribution in [1.82, 2.24) is 25.0 Å². The zero-order valence-corrected chi connectivity index (χ0v) is 17.9. The van der Waals surface area contributed by atoms with Crippen molar-refractivity contribution in [3.8, 4) is 0 Å². The van der Waals surface area contributed by atoms with E-state index in [0.717, 1.165) is 49.5 Å². The molecule has 29 heavy (non-hydrogen) atoms. The van der Waals surface area contributed by atoms with E-state index in [4.69, 9.17) is 4.74 Å². The van der Waals surface area contributed by atoms with E-state index in [9.17, 15) is 0 Å². The van der Waals surface area contributed by atoms with E-state index >= 15 is 0 Å². The molecule has 0 spiro atoms. The average molecular weight is 394 g/mol. The van der Waals surface area contributed by atoms with E-state index in [1.165, 1.54) is 16.7 Å². The van der Waals surface area contributed by atoms with Crippen LogP contribution in [0, 0.1) is 6.92 Å². The van der Waals surface area contributed by atoms with Gasteiger partial charge < -0.3 is 10.1 Å². The summed E-state index contributed by atoms with van der Waals surface area (Å²) in [5, 5.41) is 9.18. The van der Waals surface area contributed by atoms with Crippen LogP contribution in [0.4, 0.5) is 0 Å². The number of benzene rings is 1. The molecule has 0 radical (unpaired) electrons. The van der Waals surface area contributed by atoms with Crippen LogP contribution in [0.1, 0.15) is 36.2 Å². The van der Waals surface area contributed by atoms with Gasteiger partial charge in [-0.05, 0) is 43.5 Å². The summed E-state index contributed by atoms with van der Waals surface area (Å²) in [6, 6.07) is 10.9. The highest BCUT2D eigenvalue weighted by molar-refractivity contribution is 5.78. The summed E-state index contributed by atoms with van der Waals surface area (Å²) >= 11 is 0. The van der Waals surface area contributed by atoms with Crippen molar-refractivity contribution in [3.63, 3.8) is 0 Å². The zero-order chi connectivity index (χ0) is 20.4. The Kier molecular flexibility index (Phi) is 5.94. The van der Waals surface area contributed by atoms with E-state index in [2.05, 4.69) is 64.5 Å². The quantitative estimate of drug-likeness (QED) is 0.697. The van der Waals surface area contributed by atoms with Crippen LogP contribution in [0.15, 0.2) is 36.5 Å². The number of hydrogen-bond acceptors (Lipinski definition) is 5. The van der Waals surface area contributed by atoms with Gasteiger partial charge in [0, 0.05) is 51.4 Å². The molecule has 1 aromatic carbocycles. The molecule has 0 bridgehead atoms. The molecule has 0 saturated carbocycles. The van der Waals surface area contributed by atoms with Gasteiger partial charge >= 0.3 is 0 Å². The van der Waals surface area contributed by atoms with Crippen LogP contribution >= 0.6 is 0 Å². The molecule has 0 aliphatic carbocycles. The summed E-state index contributed by atoms with van der Waals surface area (Å²) in [6.45, 7) is 10.9. The fourth-order valence-electron chi connectivity index (χ4n) is 4.33. The lowest BCUT2D eigenvalue weighted by atomic mass is 10.1. The van der Waals surface area contributed by atoms with E-state index in [0.29, 0.717) is 12.2 Å². The maximum atomic E-state index is 5.87. The predicted molar refractivity (Wildman–Crippen MR) is 116 cm³/mol. The lowest BCUT2D eigenvalue weighted by Crippen LogP contribution is -2.45. The van der Waals surface area contributed by atoms with Crippen molar-refractivity contribution in [3.05, 3.63) is 58.9 Å². The molecule has 2 aromatic heterocycles. The highest BCUT2D eigenvalue weighted by Gasteiger charge is 2.22. The van der Waals surface area contributed by atoms with Crippen molar-refractivity contribution in [2.24, 2.45) is 7.05 Å². The summed E-state index contributed by atoms with van der Waals surface area (Å²) in [5.41, 5.74) is 5.88. The monoisotopic (exact) mass is 393 g/mol. The minimum absolute atomic E-state index is 0.294. The molecule has 6 nitrogen and oxygen atoms in total. The van der Waals surface area contributed by atoms with Crippen molar-refractivity contribution in [2.75, 3.05) is 13.1 Å². The van der Waals surface area contributed by atoms with Gasteiger partial charge in [-0.2, -0.15) is 5.10 Å². The minimum atomic E-state index is 0.294. The number of hydrogen-bond donors (Lipinski definition) is 1. The van der Waals surface area contributed by atoms with E-state index in [1.54, 1.807) is 0 Å². The molecule has 1 aliphatic heterocycles. The Hall–Kier alpha value is -2.28. The number of rotatable bonds is 6. The van der Waals surface area contributed by atoms with Gasteiger partial charge in [-0.15, -0.1) is 0 Å². The first-order chi connectivity index (χ1) is 14.0. The third-order valence-corrected chi connectivity index (χ3v) is 5.57. The molecule has 4 rings (SSSR count). The Morgan fingerprint density at radius 1 is 1.10 bits per heavy atom. The van der Waals surface area contributed by atoms with Gasteiger partial charge in [0.15, 0.2) is 5.65 Å². The van der Waals surface area contributed by atoms with Gasteiger partial charge in [0.2, 0.25) is 0 Å². The highest BCUT2D eigenvalue weighted by atomic mass is 16.5.